The lowest BCUT2D eigenvalue weighted by Gasteiger charge is -2.29. The third kappa shape index (κ3) is 8.03. The Labute approximate surface area is 188 Å². The number of esters is 3. The number of carbonyl (C=O) groups is 3. The van der Waals surface area contributed by atoms with Crippen LogP contribution >= 0.6 is 0 Å². The number of carbonyl (C=O) groups excluding carboxylic acids is 3. The summed E-state index contributed by atoms with van der Waals surface area (Å²) in [6, 6.07) is 3.51. The number of ether oxygens (including phenoxy) is 4. The Kier molecular flexibility index (Phi) is 9.96. The van der Waals surface area contributed by atoms with Crippen molar-refractivity contribution < 1.29 is 43.5 Å². The maximum absolute atomic E-state index is 12.7. The maximum Gasteiger partial charge on any atom is 0.338 e. The molecule has 9 heteroatoms. The zero-order valence-electron chi connectivity index (χ0n) is 19.6. The average Bonchev–Trinajstić information content (AvgIpc) is 2.74. The monoisotopic (exact) mass is 454 g/mol. The summed E-state index contributed by atoms with van der Waals surface area (Å²) in [5.74, 6) is -2.64. The van der Waals surface area contributed by atoms with E-state index in [4.69, 9.17) is 18.9 Å². The summed E-state index contributed by atoms with van der Waals surface area (Å²) in [5, 5.41) is 18.7. The topological polar surface area (TPSA) is 129 Å². The van der Waals surface area contributed by atoms with Crippen molar-refractivity contribution in [1.29, 1.82) is 0 Å². The molecule has 0 bridgehead atoms. The second kappa shape index (κ2) is 11.7. The van der Waals surface area contributed by atoms with E-state index in [0.29, 0.717) is 6.42 Å². The van der Waals surface area contributed by atoms with Crippen molar-refractivity contribution in [2.45, 2.75) is 54.1 Å². The lowest BCUT2D eigenvalue weighted by molar-refractivity contribution is -0.172. The van der Waals surface area contributed by atoms with E-state index >= 15 is 0 Å². The molecule has 9 nitrogen and oxygen atoms in total. The fourth-order valence-corrected chi connectivity index (χ4v) is 2.25. The Bertz CT molecular complexity index is 801. The largest absolute Gasteiger partial charge is 0.504 e. The summed E-state index contributed by atoms with van der Waals surface area (Å²) in [7, 11) is 0. The van der Waals surface area contributed by atoms with Gasteiger partial charge in [-0.15, -0.1) is 0 Å². The molecule has 0 aromatic heterocycles. The predicted octanol–water partition coefficient (Wildman–Crippen LogP) is 3.21. The first-order valence-electron chi connectivity index (χ1n) is 10.5. The van der Waals surface area contributed by atoms with Crippen molar-refractivity contribution in [2.24, 2.45) is 10.8 Å². The van der Waals surface area contributed by atoms with E-state index < -0.39 is 34.5 Å². The summed E-state index contributed by atoms with van der Waals surface area (Å²) in [5.41, 5.74) is -1.89. The van der Waals surface area contributed by atoms with E-state index in [1.807, 2.05) is 20.8 Å². The summed E-state index contributed by atoms with van der Waals surface area (Å²) in [6.45, 7) is 9.93. The van der Waals surface area contributed by atoms with E-state index in [0.717, 1.165) is 12.1 Å². The fourth-order valence-electron chi connectivity index (χ4n) is 2.25. The Morgan fingerprint density at radius 1 is 0.906 bits per heavy atom. The number of aromatic hydroxyl groups is 2. The molecule has 0 saturated carbocycles. The van der Waals surface area contributed by atoms with Crippen LogP contribution in [-0.4, -0.2) is 60.7 Å². The molecule has 0 heterocycles. The molecule has 1 atom stereocenters. The number of rotatable bonds is 12. The van der Waals surface area contributed by atoms with Gasteiger partial charge in [0, 0.05) is 0 Å². The molecule has 1 unspecified atom stereocenters. The third-order valence-corrected chi connectivity index (χ3v) is 4.95. The minimum atomic E-state index is -1.24. The first-order chi connectivity index (χ1) is 14.8. The molecule has 0 aliphatic carbocycles. The van der Waals surface area contributed by atoms with Crippen molar-refractivity contribution in [3.05, 3.63) is 23.8 Å². The van der Waals surface area contributed by atoms with Crippen LogP contribution in [0.3, 0.4) is 0 Å². The molecule has 0 fully saturated rings. The molecule has 0 spiro atoms. The highest BCUT2D eigenvalue weighted by Crippen LogP contribution is 2.26. The van der Waals surface area contributed by atoms with Gasteiger partial charge in [-0.1, -0.05) is 6.92 Å². The van der Waals surface area contributed by atoms with Gasteiger partial charge in [0.25, 0.3) is 0 Å². The lowest BCUT2D eigenvalue weighted by Crippen LogP contribution is -2.42. The number of phenols is 2. The Balaban J connectivity index is 2.65. The number of hydrogen-bond acceptors (Lipinski definition) is 9. The van der Waals surface area contributed by atoms with Gasteiger partial charge in [-0.05, 0) is 59.2 Å². The fraction of sp³-hybridized carbons (Fsp3) is 0.609. The van der Waals surface area contributed by atoms with E-state index in [2.05, 4.69) is 0 Å². The van der Waals surface area contributed by atoms with Gasteiger partial charge in [0.15, 0.2) is 11.5 Å². The summed E-state index contributed by atoms with van der Waals surface area (Å²) < 4.78 is 21.2. The van der Waals surface area contributed by atoms with Crippen LogP contribution in [0.4, 0.5) is 0 Å². The SMILES string of the molecule is CCC(C)(C)C(=O)OCC(C)(COC(C)C)C(=O)OCCOC(=O)c1ccc(O)c(O)c1. The van der Waals surface area contributed by atoms with Gasteiger partial charge in [-0.2, -0.15) is 0 Å². The average molecular weight is 455 g/mol. The van der Waals surface area contributed by atoms with Gasteiger partial charge in [0.2, 0.25) is 0 Å². The molecule has 180 valence electrons. The van der Waals surface area contributed by atoms with Gasteiger partial charge in [-0.25, -0.2) is 4.79 Å². The first kappa shape index (κ1) is 27.2. The highest BCUT2D eigenvalue weighted by atomic mass is 16.6. The normalized spacial score (nSPS) is 13.3. The molecule has 0 aliphatic rings. The molecular weight excluding hydrogens is 420 g/mol. The molecule has 0 amide bonds. The molecule has 1 aromatic rings. The third-order valence-electron chi connectivity index (χ3n) is 4.95. The van der Waals surface area contributed by atoms with Crippen molar-refractivity contribution in [1.82, 2.24) is 0 Å². The summed E-state index contributed by atoms with van der Waals surface area (Å²) in [6.07, 6.45) is 0.437. The number of phenolic OH excluding ortho intramolecular Hbond substituents is 2. The minimum Gasteiger partial charge on any atom is -0.504 e. The predicted molar refractivity (Wildman–Crippen MR) is 115 cm³/mol. The van der Waals surface area contributed by atoms with Crippen LogP contribution in [0.2, 0.25) is 0 Å². The van der Waals surface area contributed by atoms with E-state index in [-0.39, 0.29) is 43.8 Å². The van der Waals surface area contributed by atoms with Crippen molar-refractivity contribution in [3.8, 4) is 11.5 Å². The van der Waals surface area contributed by atoms with Crippen molar-refractivity contribution >= 4 is 17.9 Å². The van der Waals surface area contributed by atoms with Crippen LogP contribution in [0.1, 0.15) is 58.3 Å². The van der Waals surface area contributed by atoms with Gasteiger partial charge in [0.1, 0.15) is 25.2 Å². The zero-order chi connectivity index (χ0) is 24.5. The van der Waals surface area contributed by atoms with E-state index in [9.17, 15) is 24.6 Å². The Morgan fingerprint density at radius 2 is 1.53 bits per heavy atom. The molecule has 1 aromatic carbocycles. The second-order valence-electron chi connectivity index (χ2n) is 8.71. The van der Waals surface area contributed by atoms with Crippen LogP contribution < -0.4 is 0 Å². The summed E-state index contributed by atoms with van der Waals surface area (Å²) in [4.78, 5) is 37.0. The zero-order valence-corrected chi connectivity index (χ0v) is 19.6. The standard InChI is InChI=1S/C23H34O9/c1-7-22(4,5)20(27)32-14-23(6,13-31-15(2)3)21(28)30-11-10-29-19(26)16-8-9-17(24)18(25)12-16/h8-9,12,15,24-25H,7,10-11,13-14H2,1-6H3. The van der Waals surface area contributed by atoms with E-state index in [1.165, 1.54) is 6.07 Å². The van der Waals surface area contributed by atoms with Gasteiger partial charge >= 0.3 is 17.9 Å². The van der Waals surface area contributed by atoms with Crippen LogP contribution in [0.15, 0.2) is 18.2 Å². The van der Waals surface area contributed by atoms with Gasteiger partial charge < -0.3 is 29.2 Å². The lowest BCUT2D eigenvalue weighted by atomic mass is 9.89. The van der Waals surface area contributed by atoms with Gasteiger partial charge in [0.05, 0.1) is 23.7 Å². The van der Waals surface area contributed by atoms with Crippen molar-refractivity contribution in [3.63, 3.8) is 0 Å². The maximum atomic E-state index is 12.7. The molecular formula is C23H34O9. The Morgan fingerprint density at radius 3 is 2.09 bits per heavy atom. The highest BCUT2D eigenvalue weighted by molar-refractivity contribution is 5.90. The molecule has 0 saturated heterocycles. The first-order valence-corrected chi connectivity index (χ1v) is 10.5. The van der Waals surface area contributed by atoms with Crippen molar-refractivity contribution in [2.75, 3.05) is 26.4 Å². The molecule has 2 N–H and O–H groups in total. The van der Waals surface area contributed by atoms with Crippen LogP contribution in [-0.2, 0) is 28.5 Å². The molecule has 0 radical (unpaired) electrons. The molecule has 1 rings (SSSR count). The number of hydrogen-bond donors (Lipinski definition) is 2. The van der Waals surface area contributed by atoms with Crippen LogP contribution in [0, 0.1) is 10.8 Å². The Hall–Kier alpha value is -2.81. The van der Waals surface area contributed by atoms with Crippen LogP contribution in [0.25, 0.3) is 0 Å². The smallest absolute Gasteiger partial charge is 0.338 e. The van der Waals surface area contributed by atoms with Gasteiger partial charge in [-0.3, -0.25) is 9.59 Å². The molecule has 0 aliphatic heterocycles. The quantitative estimate of drug-likeness (QED) is 0.212. The van der Waals surface area contributed by atoms with E-state index in [1.54, 1.807) is 20.8 Å². The minimum absolute atomic E-state index is 0.0179. The van der Waals surface area contributed by atoms with Crippen LogP contribution in [0.5, 0.6) is 11.5 Å². The highest BCUT2D eigenvalue weighted by Gasteiger charge is 2.39. The summed E-state index contributed by atoms with van der Waals surface area (Å²) >= 11 is 0. The molecule has 32 heavy (non-hydrogen) atoms. The second-order valence-corrected chi connectivity index (χ2v) is 8.71. The number of benzene rings is 1.